The lowest BCUT2D eigenvalue weighted by molar-refractivity contribution is 0.112. The van der Waals surface area contributed by atoms with Gasteiger partial charge in [-0.1, -0.05) is 12.1 Å². The molecule has 0 bridgehead atoms. The molecule has 0 spiro atoms. The van der Waals surface area contributed by atoms with Gasteiger partial charge >= 0.3 is 0 Å². The number of rotatable bonds is 3. The van der Waals surface area contributed by atoms with Crippen molar-refractivity contribution in [1.82, 2.24) is 15.0 Å². The second kappa shape index (κ2) is 5.40. The Kier molecular flexibility index (Phi) is 3.29. The van der Waals surface area contributed by atoms with Crippen LogP contribution in [0.3, 0.4) is 0 Å². The number of hydrogen-bond acceptors (Lipinski definition) is 4. The molecule has 20 heavy (non-hydrogen) atoms. The summed E-state index contributed by atoms with van der Waals surface area (Å²) >= 11 is 0. The largest absolute Gasteiger partial charge is 0.298 e. The summed E-state index contributed by atoms with van der Waals surface area (Å²) in [6, 6.07) is 14.7. The molecule has 0 aromatic carbocycles. The standard InChI is InChI=1S/C16H11N3O/c20-11-12-7-9-18-16(10-12)15-6-3-5-14(19-15)13-4-1-2-8-17-13/h1-11H. The first kappa shape index (κ1) is 12.2. The SMILES string of the molecule is O=Cc1ccnc(-c2cccc(-c3ccccn3)n2)c1. The van der Waals surface area contributed by atoms with Gasteiger partial charge in [-0.2, -0.15) is 0 Å². The summed E-state index contributed by atoms with van der Waals surface area (Å²) in [7, 11) is 0. The van der Waals surface area contributed by atoms with E-state index in [1.165, 1.54) is 0 Å². The molecular weight excluding hydrogens is 250 g/mol. The van der Waals surface area contributed by atoms with Gasteiger partial charge in [-0.25, -0.2) is 4.98 Å². The molecule has 3 heterocycles. The van der Waals surface area contributed by atoms with Crippen LogP contribution in [-0.2, 0) is 0 Å². The van der Waals surface area contributed by atoms with Crippen LogP contribution >= 0.6 is 0 Å². The van der Waals surface area contributed by atoms with Gasteiger partial charge in [-0.15, -0.1) is 0 Å². The fraction of sp³-hybridized carbons (Fsp3) is 0. The van der Waals surface area contributed by atoms with Crippen LogP contribution in [0.1, 0.15) is 10.4 Å². The smallest absolute Gasteiger partial charge is 0.150 e. The van der Waals surface area contributed by atoms with Crippen LogP contribution in [0.5, 0.6) is 0 Å². The quantitative estimate of drug-likeness (QED) is 0.680. The van der Waals surface area contributed by atoms with Crippen LogP contribution in [0, 0.1) is 0 Å². The maximum atomic E-state index is 10.8. The molecule has 0 aliphatic rings. The Morgan fingerprint density at radius 1 is 0.750 bits per heavy atom. The van der Waals surface area contributed by atoms with E-state index >= 15 is 0 Å². The Morgan fingerprint density at radius 3 is 2.25 bits per heavy atom. The van der Waals surface area contributed by atoms with E-state index in [1.54, 1.807) is 24.5 Å². The summed E-state index contributed by atoms with van der Waals surface area (Å²) in [5, 5.41) is 0. The van der Waals surface area contributed by atoms with Crippen molar-refractivity contribution in [3.63, 3.8) is 0 Å². The Balaban J connectivity index is 2.05. The van der Waals surface area contributed by atoms with Crippen molar-refractivity contribution in [3.8, 4) is 22.8 Å². The van der Waals surface area contributed by atoms with Crippen molar-refractivity contribution in [3.05, 3.63) is 66.5 Å². The van der Waals surface area contributed by atoms with E-state index in [0.717, 1.165) is 23.4 Å². The third-order valence-electron chi connectivity index (χ3n) is 2.86. The Morgan fingerprint density at radius 2 is 1.50 bits per heavy atom. The monoisotopic (exact) mass is 261 g/mol. The predicted molar refractivity (Wildman–Crippen MR) is 76.1 cm³/mol. The van der Waals surface area contributed by atoms with Crippen molar-refractivity contribution >= 4 is 6.29 Å². The van der Waals surface area contributed by atoms with E-state index in [4.69, 9.17) is 0 Å². The topological polar surface area (TPSA) is 55.7 Å². The molecule has 0 amide bonds. The number of aldehydes is 1. The molecule has 4 nitrogen and oxygen atoms in total. The summed E-state index contributed by atoms with van der Waals surface area (Å²) in [6.07, 6.45) is 4.14. The summed E-state index contributed by atoms with van der Waals surface area (Å²) < 4.78 is 0. The zero-order chi connectivity index (χ0) is 13.8. The lowest BCUT2D eigenvalue weighted by Crippen LogP contribution is -1.92. The van der Waals surface area contributed by atoms with Gasteiger partial charge in [0.25, 0.3) is 0 Å². The molecule has 0 aliphatic heterocycles. The van der Waals surface area contributed by atoms with Crippen molar-refractivity contribution in [1.29, 1.82) is 0 Å². The molecule has 96 valence electrons. The summed E-state index contributed by atoms with van der Waals surface area (Å²) in [4.78, 5) is 23.9. The van der Waals surface area contributed by atoms with Crippen molar-refractivity contribution in [2.24, 2.45) is 0 Å². The molecule has 3 rings (SSSR count). The maximum Gasteiger partial charge on any atom is 0.150 e. The molecule has 0 atom stereocenters. The molecule has 0 saturated heterocycles. The van der Waals surface area contributed by atoms with Gasteiger partial charge in [0.15, 0.2) is 0 Å². The minimum atomic E-state index is 0.583. The predicted octanol–water partition coefficient (Wildman–Crippen LogP) is 3.02. The minimum absolute atomic E-state index is 0.583. The molecule has 0 saturated carbocycles. The third kappa shape index (κ3) is 2.44. The van der Waals surface area contributed by atoms with E-state index in [0.29, 0.717) is 11.3 Å². The minimum Gasteiger partial charge on any atom is -0.298 e. The lowest BCUT2D eigenvalue weighted by atomic mass is 10.1. The molecular formula is C16H11N3O. The average molecular weight is 261 g/mol. The van der Waals surface area contributed by atoms with Gasteiger partial charge in [0.1, 0.15) is 6.29 Å². The summed E-state index contributed by atoms with van der Waals surface area (Å²) in [5.41, 5.74) is 3.56. The molecule has 0 aliphatic carbocycles. The van der Waals surface area contributed by atoms with E-state index < -0.39 is 0 Å². The van der Waals surface area contributed by atoms with E-state index in [9.17, 15) is 4.79 Å². The molecule has 0 unspecified atom stereocenters. The van der Waals surface area contributed by atoms with Gasteiger partial charge in [0, 0.05) is 18.0 Å². The van der Waals surface area contributed by atoms with E-state index in [-0.39, 0.29) is 0 Å². The number of carbonyl (C=O) groups excluding carboxylic acids is 1. The highest BCUT2D eigenvalue weighted by Gasteiger charge is 2.05. The first-order chi connectivity index (χ1) is 9.86. The second-order valence-corrected chi connectivity index (χ2v) is 4.22. The van der Waals surface area contributed by atoms with Crippen LogP contribution < -0.4 is 0 Å². The van der Waals surface area contributed by atoms with Gasteiger partial charge in [-0.05, 0) is 36.4 Å². The maximum absolute atomic E-state index is 10.8. The van der Waals surface area contributed by atoms with Gasteiger partial charge in [-0.3, -0.25) is 14.8 Å². The molecule has 3 aromatic heterocycles. The van der Waals surface area contributed by atoms with Gasteiger partial charge in [0.05, 0.1) is 22.8 Å². The molecule has 3 aromatic rings. The highest BCUT2D eigenvalue weighted by molar-refractivity contribution is 5.77. The second-order valence-electron chi connectivity index (χ2n) is 4.22. The number of carbonyl (C=O) groups is 1. The van der Waals surface area contributed by atoms with Crippen molar-refractivity contribution < 1.29 is 4.79 Å². The van der Waals surface area contributed by atoms with E-state index in [1.807, 2.05) is 36.4 Å². The zero-order valence-electron chi connectivity index (χ0n) is 10.6. The number of pyridine rings is 3. The molecule has 0 radical (unpaired) electrons. The molecule has 4 heteroatoms. The molecule has 0 N–H and O–H groups in total. The van der Waals surface area contributed by atoms with Gasteiger partial charge < -0.3 is 0 Å². The zero-order valence-corrected chi connectivity index (χ0v) is 10.6. The fourth-order valence-electron chi connectivity index (χ4n) is 1.89. The van der Waals surface area contributed by atoms with Crippen LogP contribution in [0.4, 0.5) is 0 Å². The Hall–Kier alpha value is -2.88. The van der Waals surface area contributed by atoms with Crippen molar-refractivity contribution in [2.45, 2.75) is 0 Å². The fourth-order valence-corrected chi connectivity index (χ4v) is 1.89. The van der Waals surface area contributed by atoms with Crippen LogP contribution in [0.2, 0.25) is 0 Å². The first-order valence-electron chi connectivity index (χ1n) is 6.17. The highest BCUT2D eigenvalue weighted by atomic mass is 16.1. The van der Waals surface area contributed by atoms with Crippen LogP contribution in [0.25, 0.3) is 22.8 Å². The Labute approximate surface area is 116 Å². The van der Waals surface area contributed by atoms with E-state index in [2.05, 4.69) is 15.0 Å². The summed E-state index contributed by atoms with van der Waals surface area (Å²) in [5.74, 6) is 0. The lowest BCUT2D eigenvalue weighted by Gasteiger charge is -2.04. The number of hydrogen-bond donors (Lipinski definition) is 0. The highest BCUT2D eigenvalue weighted by Crippen LogP contribution is 2.20. The number of aromatic nitrogens is 3. The summed E-state index contributed by atoms with van der Waals surface area (Å²) in [6.45, 7) is 0. The number of nitrogens with zero attached hydrogens (tertiary/aromatic N) is 3. The van der Waals surface area contributed by atoms with Crippen LogP contribution in [-0.4, -0.2) is 21.2 Å². The normalized spacial score (nSPS) is 10.2. The van der Waals surface area contributed by atoms with Crippen LogP contribution in [0.15, 0.2) is 60.9 Å². The van der Waals surface area contributed by atoms with Gasteiger partial charge in [0.2, 0.25) is 0 Å². The first-order valence-corrected chi connectivity index (χ1v) is 6.17. The molecule has 0 fully saturated rings. The Bertz CT molecular complexity index is 741. The van der Waals surface area contributed by atoms with Crippen molar-refractivity contribution in [2.75, 3.05) is 0 Å². The average Bonchev–Trinajstić information content (AvgIpc) is 2.56. The third-order valence-corrected chi connectivity index (χ3v) is 2.86.